The standard InChI is InChI=1S/C10H14N2O/c13-10-7-11-5-6-12(10)8-9-3-1-2-4-9/h5-7,9H,1-4,8H2. The summed E-state index contributed by atoms with van der Waals surface area (Å²) in [6, 6.07) is 0. The van der Waals surface area contributed by atoms with E-state index in [1.165, 1.54) is 31.9 Å². The van der Waals surface area contributed by atoms with Gasteiger partial charge in [0.15, 0.2) is 0 Å². The fourth-order valence-electron chi connectivity index (χ4n) is 2.00. The lowest BCUT2D eigenvalue weighted by Gasteiger charge is -2.10. The Labute approximate surface area is 77.4 Å². The van der Waals surface area contributed by atoms with Gasteiger partial charge in [0.05, 0.1) is 6.20 Å². The van der Waals surface area contributed by atoms with E-state index >= 15 is 0 Å². The van der Waals surface area contributed by atoms with Gasteiger partial charge in [0.25, 0.3) is 5.56 Å². The van der Waals surface area contributed by atoms with Crippen LogP contribution in [0.1, 0.15) is 25.7 Å². The fraction of sp³-hybridized carbons (Fsp3) is 0.600. The van der Waals surface area contributed by atoms with E-state index in [4.69, 9.17) is 0 Å². The highest BCUT2D eigenvalue weighted by Gasteiger charge is 2.15. The van der Waals surface area contributed by atoms with E-state index < -0.39 is 0 Å². The number of hydrogen-bond acceptors (Lipinski definition) is 2. The van der Waals surface area contributed by atoms with Gasteiger partial charge in [0.2, 0.25) is 0 Å². The van der Waals surface area contributed by atoms with Gasteiger partial charge in [-0.15, -0.1) is 0 Å². The Bertz CT molecular complexity index is 326. The molecule has 3 nitrogen and oxygen atoms in total. The summed E-state index contributed by atoms with van der Waals surface area (Å²) in [5, 5.41) is 0. The van der Waals surface area contributed by atoms with Crippen LogP contribution in [0.2, 0.25) is 0 Å². The maximum Gasteiger partial charge on any atom is 0.268 e. The van der Waals surface area contributed by atoms with Crippen LogP contribution in [0, 0.1) is 5.92 Å². The summed E-state index contributed by atoms with van der Waals surface area (Å²) in [6.45, 7) is 0.876. The minimum Gasteiger partial charge on any atom is -0.312 e. The number of rotatable bonds is 2. The summed E-state index contributed by atoms with van der Waals surface area (Å²) in [4.78, 5) is 15.1. The Morgan fingerprint density at radius 1 is 1.46 bits per heavy atom. The lowest BCUT2D eigenvalue weighted by atomic mass is 10.1. The quantitative estimate of drug-likeness (QED) is 0.686. The van der Waals surface area contributed by atoms with Gasteiger partial charge in [-0.3, -0.25) is 9.78 Å². The molecule has 0 spiro atoms. The van der Waals surface area contributed by atoms with Gasteiger partial charge in [-0.05, 0) is 18.8 Å². The molecule has 1 fully saturated rings. The van der Waals surface area contributed by atoms with Gasteiger partial charge >= 0.3 is 0 Å². The topological polar surface area (TPSA) is 34.9 Å². The monoisotopic (exact) mass is 178 g/mol. The summed E-state index contributed by atoms with van der Waals surface area (Å²) >= 11 is 0. The number of hydrogen-bond donors (Lipinski definition) is 0. The average molecular weight is 178 g/mol. The lowest BCUT2D eigenvalue weighted by Crippen LogP contribution is -2.22. The Hall–Kier alpha value is -1.12. The molecular formula is C10H14N2O. The van der Waals surface area contributed by atoms with Crippen molar-refractivity contribution < 1.29 is 0 Å². The number of nitrogens with zero attached hydrogens (tertiary/aromatic N) is 2. The second kappa shape index (κ2) is 3.73. The summed E-state index contributed by atoms with van der Waals surface area (Å²) in [7, 11) is 0. The Morgan fingerprint density at radius 2 is 2.23 bits per heavy atom. The van der Waals surface area contributed by atoms with E-state index in [-0.39, 0.29) is 5.56 Å². The molecule has 0 saturated heterocycles. The van der Waals surface area contributed by atoms with Gasteiger partial charge < -0.3 is 4.57 Å². The summed E-state index contributed by atoms with van der Waals surface area (Å²) in [6.07, 6.45) is 10.0. The third kappa shape index (κ3) is 1.97. The van der Waals surface area contributed by atoms with Crippen molar-refractivity contribution in [3.63, 3.8) is 0 Å². The molecule has 2 rings (SSSR count). The second-order valence-electron chi connectivity index (χ2n) is 3.72. The second-order valence-corrected chi connectivity index (χ2v) is 3.72. The van der Waals surface area contributed by atoms with Gasteiger partial charge in [-0.1, -0.05) is 12.8 Å². The molecule has 1 aliphatic carbocycles. The highest BCUT2D eigenvalue weighted by Crippen LogP contribution is 2.25. The van der Waals surface area contributed by atoms with E-state index in [1.807, 2.05) is 0 Å². The SMILES string of the molecule is O=c1cnccn1CC1CCCC1. The molecule has 1 aromatic rings. The Morgan fingerprint density at radius 3 is 2.92 bits per heavy atom. The number of aromatic nitrogens is 2. The van der Waals surface area contributed by atoms with Crippen LogP contribution in [0.3, 0.4) is 0 Å². The molecule has 0 atom stereocenters. The molecule has 0 amide bonds. The molecule has 0 unspecified atom stereocenters. The third-order valence-corrected chi connectivity index (χ3v) is 2.73. The van der Waals surface area contributed by atoms with Crippen molar-refractivity contribution >= 4 is 0 Å². The van der Waals surface area contributed by atoms with Crippen LogP contribution in [0.25, 0.3) is 0 Å². The molecule has 3 heteroatoms. The Kier molecular flexibility index (Phi) is 2.43. The Balaban J connectivity index is 2.08. The summed E-state index contributed by atoms with van der Waals surface area (Å²) in [5.41, 5.74) is 0.0226. The first-order valence-electron chi connectivity index (χ1n) is 4.87. The van der Waals surface area contributed by atoms with Crippen molar-refractivity contribution in [1.29, 1.82) is 0 Å². The maximum absolute atomic E-state index is 11.3. The molecule has 0 N–H and O–H groups in total. The molecular weight excluding hydrogens is 164 g/mol. The molecule has 0 bridgehead atoms. The first-order valence-corrected chi connectivity index (χ1v) is 4.87. The lowest BCUT2D eigenvalue weighted by molar-refractivity contribution is 0.447. The minimum absolute atomic E-state index is 0.0226. The minimum atomic E-state index is 0.0226. The van der Waals surface area contributed by atoms with Crippen LogP contribution in [0.4, 0.5) is 0 Å². The van der Waals surface area contributed by atoms with Gasteiger partial charge in [-0.25, -0.2) is 0 Å². The smallest absolute Gasteiger partial charge is 0.268 e. The molecule has 13 heavy (non-hydrogen) atoms. The van der Waals surface area contributed by atoms with Crippen LogP contribution in [-0.4, -0.2) is 9.55 Å². The van der Waals surface area contributed by atoms with Crippen molar-refractivity contribution in [1.82, 2.24) is 9.55 Å². The van der Waals surface area contributed by atoms with Crippen LogP contribution < -0.4 is 5.56 Å². The third-order valence-electron chi connectivity index (χ3n) is 2.73. The first kappa shape index (κ1) is 8.48. The zero-order chi connectivity index (χ0) is 9.10. The zero-order valence-electron chi connectivity index (χ0n) is 7.65. The van der Waals surface area contributed by atoms with Crippen LogP contribution in [-0.2, 0) is 6.54 Å². The molecule has 70 valence electrons. The fourth-order valence-corrected chi connectivity index (χ4v) is 2.00. The van der Waals surface area contributed by atoms with Gasteiger partial charge in [0, 0.05) is 18.9 Å². The predicted octanol–water partition coefficient (Wildman–Crippen LogP) is 1.43. The molecule has 0 radical (unpaired) electrons. The predicted molar refractivity (Wildman–Crippen MR) is 50.5 cm³/mol. The highest BCUT2D eigenvalue weighted by atomic mass is 16.1. The zero-order valence-corrected chi connectivity index (χ0v) is 7.65. The van der Waals surface area contributed by atoms with E-state index in [0.717, 1.165) is 6.54 Å². The maximum atomic E-state index is 11.3. The normalized spacial score (nSPS) is 17.8. The highest BCUT2D eigenvalue weighted by molar-refractivity contribution is 4.81. The molecule has 1 saturated carbocycles. The molecule has 0 aromatic carbocycles. The van der Waals surface area contributed by atoms with E-state index in [1.54, 1.807) is 17.0 Å². The largest absolute Gasteiger partial charge is 0.312 e. The van der Waals surface area contributed by atoms with E-state index in [2.05, 4.69) is 4.98 Å². The molecule has 1 heterocycles. The van der Waals surface area contributed by atoms with Gasteiger partial charge in [-0.2, -0.15) is 0 Å². The van der Waals surface area contributed by atoms with E-state index in [9.17, 15) is 4.79 Å². The van der Waals surface area contributed by atoms with Crippen molar-refractivity contribution in [3.05, 3.63) is 28.9 Å². The van der Waals surface area contributed by atoms with Gasteiger partial charge in [0.1, 0.15) is 0 Å². The first-order chi connectivity index (χ1) is 6.36. The van der Waals surface area contributed by atoms with Crippen molar-refractivity contribution in [3.8, 4) is 0 Å². The summed E-state index contributed by atoms with van der Waals surface area (Å²) < 4.78 is 1.77. The van der Waals surface area contributed by atoms with Crippen LogP contribution in [0.15, 0.2) is 23.4 Å². The summed E-state index contributed by atoms with van der Waals surface area (Å²) in [5.74, 6) is 0.708. The molecule has 1 aliphatic rings. The average Bonchev–Trinajstić information content (AvgIpc) is 2.61. The van der Waals surface area contributed by atoms with Crippen LogP contribution >= 0.6 is 0 Å². The van der Waals surface area contributed by atoms with Crippen molar-refractivity contribution in [2.45, 2.75) is 32.2 Å². The van der Waals surface area contributed by atoms with Crippen molar-refractivity contribution in [2.75, 3.05) is 0 Å². The molecule has 1 aromatic heterocycles. The van der Waals surface area contributed by atoms with Crippen LogP contribution in [0.5, 0.6) is 0 Å². The van der Waals surface area contributed by atoms with Crippen molar-refractivity contribution in [2.24, 2.45) is 5.92 Å². The van der Waals surface area contributed by atoms with E-state index in [0.29, 0.717) is 5.92 Å². The molecule has 0 aliphatic heterocycles.